The zero-order chi connectivity index (χ0) is 11.4. The van der Waals surface area contributed by atoms with Crippen LogP contribution < -0.4 is 0 Å². The molecule has 0 aromatic rings. The molecule has 0 spiro atoms. The molecule has 84 valence electrons. The fourth-order valence-corrected chi connectivity index (χ4v) is 0.925. The molecular formula is C12H24O2. The van der Waals surface area contributed by atoms with Gasteiger partial charge in [-0.3, -0.25) is 0 Å². The molecule has 2 heteroatoms. The quantitative estimate of drug-likeness (QED) is 0.617. The smallest absolute Gasteiger partial charge is 0.122 e. The molecule has 0 saturated heterocycles. The van der Waals surface area contributed by atoms with E-state index in [1.807, 2.05) is 6.92 Å². The molecule has 0 saturated carbocycles. The molecule has 0 bridgehead atoms. The summed E-state index contributed by atoms with van der Waals surface area (Å²) in [7, 11) is 0. The number of carbonyl (C=O) groups is 2. The average Bonchev–Trinajstić information content (AvgIpc) is 2.16. The third kappa shape index (κ3) is 17.4. The molecule has 0 aliphatic rings. The van der Waals surface area contributed by atoms with E-state index >= 15 is 0 Å². The van der Waals surface area contributed by atoms with Crippen LogP contribution in [0.2, 0.25) is 0 Å². The SMILES string of the molecule is CC(C)CCC=O.CCCC(C)C=O. The van der Waals surface area contributed by atoms with Crippen molar-refractivity contribution >= 4 is 12.6 Å². The topological polar surface area (TPSA) is 34.1 Å². The number of hydrogen-bond donors (Lipinski definition) is 0. The minimum Gasteiger partial charge on any atom is -0.303 e. The number of aldehydes is 2. The van der Waals surface area contributed by atoms with Gasteiger partial charge in [-0.15, -0.1) is 0 Å². The van der Waals surface area contributed by atoms with Gasteiger partial charge in [-0.05, 0) is 18.8 Å². The van der Waals surface area contributed by atoms with Gasteiger partial charge in [-0.1, -0.05) is 34.1 Å². The summed E-state index contributed by atoms with van der Waals surface area (Å²) in [6.45, 7) is 8.25. The zero-order valence-corrected chi connectivity index (χ0v) is 9.95. The molecule has 0 aliphatic carbocycles. The van der Waals surface area contributed by atoms with Crippen molar-refractivity contribution in [3.8, 4) is 0 Å². The number of hydrogen-bond acceptors (Lipinski definition) is 2. The highest BCUT2D eigenvalue weighted by molar-refractivity contribution is 5.52. The Kier molecular flexibility index (Phi) is 13.9. The lowest BCUT2D eigenvalue weighted by molar-refractivity contribution is -0.111. The van der Waals surface area contributed by atoms with Gasteiger partial charge in [0.1, 0.15) is 12.6 Å². The van der Waals surface area contributed by atoms with Gasteiger partial charge in [0.25, 0.3) is 0 Å². The molecule has 0 amide bonds. The second-order valence-corrected chi connectivity index (χ2v) is 4.04. The summed E-state index contributed by atoms with van der Waals surface area (Å²) in [4.78, 5) is 19.6. The normalized spacial score (nSPS) is 11.5. The molecule has 0 aromatic carbocycles. The van der Waals surface area contributed by atoms with Gasteiger partial charge in [0.2, 0.25) is 0 Å². The van der Waals surface area contributed by atoms with Crippen molar-refractivity contribution in [2.24, 2.45) is 11.8 Å². The Morgan fingerprint density at radius 2 is 1.64 bits per heavy atom. The Bertz CT molecular complexity index is 130. The summed E-state index contributed by atoms with van der Waals surface area (Å²) in [5.74, 6) is 0.940. The third-order valence-corrected chi connectivity index (χ3v) is 1.84. The highest BCUT2D eigenvalue weighted by Crippen LogP contribution is 1.99. The number of carbonyl (C=O) groups excluding carboxylic acids is 2. The van der Waals surface area contributed by atoms with Crippen molar-refractivity contribution in [2.45, 2.75) is 53.4 Å². The van der Waals surface area contributed by atoms with Gasteiger partial charge in [-0.2, -0.15) is 0 Å². The second-order valence-electron chi connectivity index (χ2n) is 4.04. The van der Waals surface area contributed by atoms with Gasteiger partial charge in [0.15, 0.2) is 0 Å². The van der Waals surface area contributed by atoms with Gasteiger partial charge < -0.3 is 9.59 Å². The fourth-order valence-electron chi connectivity index (χ4n) is 0.925. The van der Waals surface area contributed by atoms with E-state index in [2.05, 4.69) is 20.8 Å². The summed E-state index contributed by atoms with van der Waals surface area (Å²) in [5, 5.41) is 0. The zero-order valence-electron chi connectivity index (χ0n) is 9.95. The summed E-state index contributed by atoms with van der Waals surface area (Å²) < 4.78 is 0. The molecule has 0 rings (SSSR count). The molecule has 0 heterocycles. The van der Waals surface area contributed by atoms with E-state index in [1.54, 1.807) is 0 Å². The van der Waals surface area contributed by atoms with E-state index in [1.165, 1.54) is 0 Å². The molecule has 1 unspecified atom stereocenters. The Labute approximate surface area is 88.1 Å². The van der Waals surface area contributed by atoms with Crippen LogP contribution in [0.5, 0.6) is 0 Å². The molecule has 1 atom stereocenters. The maximum absolute atomic E-state index is 9.89. The molecule has 0 aromatic heterocycles. The molecule has 0 fully saturated rings. The molecule has 0 radical (unpaired) electrons. The largest absolute Gasteiger partial charge is 0.303 e. The Hall–Kier alpha value is -0.660. The van der Waals surface area contributed by atoms with Crippen molar-refractivity contribution in [2.75, 3.05) is 0 Å². The first kappa shape index (κ1) is 15.8. The summed E-state index contributed by atoms with van der Waals surface area (Å²) in [5.41, 5.74) is 0. The van der Waals surface area contributed by atoms with Crippen LogP contribution in [0.3, 0.4) is 0 Å². The van der Waals surface area contributed by atoms with Crippen LogP contribution in [0.1, 0.15) is 53.4 Å². The van der Waals surface area contributed by atoms with Crippen LogP contribution in [0.25, 0.3) is 0 Å². The predicted molar refractivity (Wildman–Crippen MR) is 60.3 cm³/mol. The average molecular weight is 200 g/mol. The van der Waals surface area contributed by atoms with Gasteiger partial charge in [0.05, 0.1) is 0 Å². The Balaban J connectivity index is 0. The van der Waals surface area contributed by atoms with Crippen molar-refractivity contribution in [3.63, 3.8) is 0 Å². The van der Waals surface area contributed by atoms with Crippen molar-refractivity contribution in [1.82, 2.24) is 0 Å². The van der Waals surface area contributed by atoms with E-state index in [0.717, 1.165) is 38.3 Å². The predicted octanol–water partition coefficient (Wildman–Crippen LogP) is 3.24. The lowest BCUT2D eigenvalue weighted by Gasteiger charge is -1.95. The van der Waals surface area contributed by atoms with E-state index in [0.29, 0.717) is 5.92 Å². The standard InChI is InChI=1S/2C6H12O/c1-6(2)4-3-5-7;1-3-4-6(2)5-7/h2*5-6H,3-4H2,1-2H3. The molecule has 14 heavy (non-hydrogen) atoms. The van der Waals surface area contributed by atoms with E-state index in [-0.39, 0.29) is 5.92 Å². The maximum atomic E-state index is 9.89. The van der Waals surface area contributed by atoms with E-state index in [9.17, 15) is 9.59 Å². The fraction of sp³-hybridized carbons (Fsp3) is 0.833. The second kappa shape index (κ2) is 12.3. The van der Waals surface area contributed by atoms with Crippen molar-refractivity contribution in [3.05, 3.63) is 0 Å². The van der Waals surface area contributed by atoms with Crippen LogP contribution >= 0.6 is 0 Å². The molecule has 2 nitrogen and oxygen atoms in total. The van der Waals surface area contributed by atoms with Crippen LogP contribution in [0.4, 0.5) is 0 Å². The first-order chi connectivity index (χ1) is 6.58. The lowest BCUT2D eigenvalue weighted by Crippen LogP contribution is -1.92. The van der Waals surface area contributed by atoms with E-state index < -0.39 is 0 Å². The van der Waals surface area contributed by atoms with Crippen LogP contribution in [-0.4, -0.2) is 12.6 Å². The monoisotopic (exact) mass is 200 g/mol. The van der Waals surface area contributed by atoms with Gasteiger partial charge in [0, 0.05) is 12.3 Å². The Morgan fingerprint density at radius 1 is 1.07 bits per heavy atom. The van der Waals surface area contributed by atoms with Crippen molar-refractivity contribution < 1.29 is 9.59 Å². The van der Waals surface area contributed by atoms with E-state index in [4.69, 9.17) is 0 Å². The maximum Gasteiger partial charge on any atom is 0.122 e. The van der Waals surface area contributed by atoms with Gasteiger partial charge >= 0.3 is 0 Å². The minimum absolute atomic E-state index is 0.269. The van der Waals surface area contributed by atoms with Crippen LogP contribution in [0, 0.1) is 11.8 Å². The lowest BCUT2D eigenvalue weighted by atomic mass is 10.1. The highest BCUT2D eigenvalue weighted by Gasteiger charge is 1.93. The first-order valence-electron chi connectivity index (χ1n) is 5.47. The highest BCUT2D eigenvalue weighted by atomic mass is 16.1. The number of rotatable bonds is 6. The Morgan fingerprint density at radius 3 is 1.79 bits per heavy atom. The van der Waals surface area contributed by atoms with Gasteiger partial charge in [-0.25, -0.2) is 0 Å². The summed E-state index contributed by atoms with van der Waals surface area (Å²) >= 11 is 0. The first-order valence-corrected chi connectivity index (χ1v) is 5.47. The molecular weight excluding hydrogens is 176 g/mol. The summed E-state index contributed by atoms with van der Waals surface area (Å²) in [6.07, 6.45) is 5.87. The molecule has 0 N–H and O–H groups in total. The van der Waals surface area contributed by atoms with Crippen LogP contribution in [-0.2, 0) is 9.59 Å². The summed E-state index contributed by atoms with van der Waals surface area (Å²) in [6, 6.07) is 0. The molecule has 0 aliphatic heterocycles. The third-order valence-electron chi connectivity index (χ3n) is 1.84. The van der Waals surface area contributed by atoms with Crippen LogP contribution in [0.15, 0.2) is 0 Å². The van der Waals surface area contributed by atoms with Crippen molar-refractivity contribution in [1.29, 1.82) is 0 Å². The minimum atomic E-state index is 0.269.